The molecule has 2 aliphatic rings. The third-order valence-electron chi connectivity index (χ3n) is 4.28. The van der Waals surface area contributed by atoms with Gasteiger partial charge in [0.05, 0.1) is 5.92 Å². The van der Waals surface area contributed by atoms with Crippen molar-refractivity contribution >= 4 is 33.4 Å². The first-order chi connectivity index (χ1) is 10.1. The van der Waals surface area contributed by atoms with E-state index < -0.39 is 0 Å². The van der Waals surface area contributed by atoms with Gasteiger partial charge in [0.25, 0.3) is 0 Å². The summed E-state index contributed by atoms with van der Waals surface area (Å²) < 4.78 is 0.985. The molecule has 112 valence electrons. The lowest BCUT2D eigenvalue weighted by Crippen LogP contribution is -2.40. The summed E-state index contributed by atoms with van der Waals surface area (Å²) in [4.78, 5) is 28.4. The largest absolute Gasteiger partial charge is 0.342 e. The van der Waals surface area contributed by atoms with Crippen LogP contribution in [0.1, 0.15) is 25.7 Å². The van der Waals surface area contributed by atoms with Crippen LogP contribution in [0.4, 0.5) is 5.69 Å². The van der Waals surface area contributed by atoms with E-state index in [-0.39, 0.29) is 17.7 Å². The molecule has 2 fully saturated rings. The Morgan fingerprint density at radius 1 is 1.10 bits per heavy atom. The van der Waals surface area contributed by atoms with Crippen molar-refractivity contribution in [2.75, 3.05) is 24.5 Å². The monoisotopic (exact) mass is 350 g/mol. The van der Waals surface area contributed by atoms with E-state index in [0.29, 0.717) is 13.0 Å². The van der Waals surface area contributed by atoms with Crippen LogP contribution in [-0.4, -0.2) is 36.3 Å². The molecule has 0 aromatic heterocycles. The fourth-order valence-corrected chi connectivity index (χ4v) is 3.38. The van der Waals surface area contributed by atoms with E-state index >= 15 is 0 Å². The number of halogens is 1. The fourth-order valence-electron chi connectivity index (χ4n) is 3.12. The molecule has 1 aromatic rings. The Morgan fingerprint density at radius 3 is 2.43 bits per heavy atom. The standard InChI is InChI=1S/C16H19BrN2O2/c17-13-4-6-14(7-5-13)19-11-12(10-15(19)20)16(21)18-8-2-1-3-9-18/h4-7,12H,1-3,8-11H2. The third kappa shape index (κ3) is 3.12. The number of carbonyl (C=O) groups excluding carboxylic acids is 2. The molecule has 1 aromatic carbocycles. The van der Waals surface area contributed by atoms with Crippen LogP contribution >= 0.6 is 15.9 Å². The van der Waals surface area contributed by atoms with Crippen LogP contribution in [0.3, 0.4) is 0 Å². The van der Waals surface area contributed by atoms with Gasteiger partial charge in [0.2, 0.25) is 11.8 Å². The van der Waals surface area contributed by atoms with E-state index in [4.69, 9.17) is 0 Å². The molecule has 2 heterocycles. The van der Waals surface area contributed by atoms with Crippen molar-refractivity contribution in [2.45, 2.75) is 25.7 Å². The Labute approximate surface area is 133 Å². The van der Waals surface area contributed by atoms with Gasteiger partial charge in [-0.3, -0.25) is 9.59 Å². The quantitative estimate of drug-likeness (QED) is 0.822. The molecule has 1 atom stereocenters. The minimum atomic E-state index is -0.181. The first kappa shape index (κ1) is 14.6. The molecule has 0 spiro atoms. The third-order valence-corrected chi connectivity index (χ3v) is 4.81. The molecule has 1 unspecified atom stereocenters. The van der Waals surface area contributed by atoms with E-state index in [9.17, 15) is 9.59 Å². The molecular formula is C16H19BrN2O2. The van der Waals surface area contributed by atoms with Crippen LogP contribution in [0.5, 0.6) is 0 Å². The lowest BCUT2D eigenvalue weighted by molar-refractivity contribution is -0.136. The number of piperidine rings is 1. The average Bonchev–Trinajstić information content (AvgIpc) is 2.90. The molecule has 0 bridgehead atoms. The van der Waals surface area contributed by atoms with Crippen LogP contribution < -0.4 is 4.90 Å². The number of carbonyl (C=O) groups is 2. The Balaban J connectivity index is 1.69. The summed E-state index contributed by atoms with van der Waals surface area (Å²) in [6, 6.07) is 7.66. The number of amides is 2. The average molecular weight is 351 g/mol. The molecular weight excluding hydrogens is 332 g/mol. The van der Waals surface area contributed by atoms with Gasteiger partial charge < -0.3 is 9.80 Å². The SMILES string of the molecule is O=C(C1CC(=O)N(c2ccc(Br)cc2)C1)N1CCCCC1. The summed E-state index contributed by atoms with van der Waals surface area (Å²) in [5.74, 6) is 0.0228. The van der Waals surface area contributed by atoms with Gasteiger partial charge >= 0.3 is 0 Å². The van der Waals surface area contributed by atoms with Crippen molar-refractivity contribution in [3.63, 3.8) is 0 Å². The molecule has 2 amide bonds. The van der Waals surface area contributed by atoms with Crippen LogP contribution in [0, 0.1) is 5.92 Å². The zero-order valence-corrected chi connectivity index (χ0v) is 13.5. The van der Waals surface area contributed by atoms with Crippen molar-refractivity contribution in [3.8, 4) is 0 Å². The number of rotatable bonds is 2. The lowest BCUT2D eigenvalue weighted by atomic mass is 10.0. The summed E-state index contributed by atoms with van der Waals surface area (Å²) in [6.45, 7) is 2.21. The van der Waals surface area contributed by atoms with Gasteiger partial charge in [-0.05, 0) is 43.5 Å². The highest BCUT2D eigenvalue weighted by atomic mass is 79.9. The molecule has 0 radical (unpaired) electrons. The highest BCUT2D eigenvalue weighted by Gasteiger charge is 2.37. The molecule has 0 N–H and O–H groups in total. The fraction of sp³-hybridized carbons (Fsp3) is 0.500. The normalized spacial score (nSPS) is 22.7. The lowest BCUT2D eigenvalue weighted by Gasteiger charge is -2.29. The summed E-state index contributed by atoms with van der Waals surface area (Å²) in [5, 5.41) is 0. The van der Waals surface area contributed by atoms with E-state index in [1.807, 2.05) is 29.2 Å². The van der Waals surface area contributed by atoms with Crippen molar-refractivity contribution in [1.82, 2.24) is 4.90 Å². The van der Waals surface area contributed by atoms with Gasteiger partial charge in [-0.25, -0.2) is 0 Å². The first-order valence-electron chi connectivity index (χ1n) is 7.50. The number of benzene rings is 1. The second-order valence-corrected chi connectivity index (χ2v) is 6.68. The van der Waals surface area contributed by atoms with Crippen LogP contribution in [0.2, 0.25) is 0 Å². The molecule has 2 aliphatic heterocycles. The Hall–Kier alpha value is -1.36. The molecule has 5 heteroatoms. The summed E-state index contributed by atoms with van der Waals surface area (Å²) in [7, 11) is 0. The van der Waals surface area contributed by atoms with Gasteiger partial charge in [0.15, 0.2) is 0 Å². The number of likely N-dealkylation sites (tertiary alicyclic amines) is 1. The summed E-state index contributed by atoms with van der Waals surface area (Å²) in [6.07, 6.45) is 3.72. The number of hydrogen-bond donors (Lipinski definition) is 0. The van der Waals surface area contributed by atoms with Gasteiger partial charge in [0.1, 0.15) is 0 Å². The van der Waals surface area contributed by atoms with Crippen molar-refractivity contribution in [1.29, 1.82) is 0 Å². The smallest absolute Gasteiger partial charge is 0.228 e. The molecule has 2 saturated heterocycles. The second-order valence-electron chi connectivity index (χ2n) is 5.77. The minimum absolute atomic E-state index is 0.0488. The number of anilines is 1. The number of hydrogen-bond acceptors (Lipinski definition) is 2. The molecule has 4 nitrogen and oxygen atoms in total. The van der Waals surface area contributed by atoms with Crippen LogP contribution in [-0.2, 0) is 9.59 Å². The van der Waals surface area contributed by atoms with Gasteiger partial charge in [-0.2, -0.15) is 0 Å². The highest BCUT2D eigenvalue weighted by molar-refractivity contribution is 9.10. The predicted octanol–water partition coefficient (Wildman–Crippen LogP) is 2.81. The maximum atomic E-state index is 12.5. The zero-order valence-electron chi connectivity index (χ0n) is 11.9. The topological polar surface area (TPSA) is 40.6 Å². The van der Waals surface area contributed by atoms with E-state index in [1.165, 1.54) is 6.42 Å². The maximum Gasteiger partial charge on any atom is 0.228 e. The minimum Gasteiger partial charge on any atom is -0.342 e. The summed E-state index contributed by atoms with van der Waals surface area (Å²) in [5.41, 5.74) is 0.872. The first-order valence-corrected chi connectivity index (χ1v) is 8.29. The molecule has 21 heavy (non-hydrogen) atoms. The van der Waals surface area contributed by atoms with Crippen molar-refractivity contribution < 1.29 is 9.59 Å². The maximum absolute atomic E-state index is 12.5. The highest BCUT2D eigenvalue weighted by Crippen LogP contribution is 2.28. The van der Waals surface area contributed by atoms with Gasteiger partial charge in [-0.1, -0.05) is 15.9 Å². The Bertz CT molecular complexity index is 538. The van der Waals surface area contributed by atoms with Crippen LogP contribution in [0.15, 0.2) is 28.7 Å². The summed E-state index contributed by atoms with van der Waals surface area (Å²) >= 11 is 3.39. The predicted molar refractivity (Wildman–Crippen MR) is 85.0 cm³/mol. The van der Waals surface area contributed by atoms with Gasteiger partial charge in [0, 0.05) is 36.2 Å². The zero-order chi connectivity index (χ0) is 14.8. The van der Waals surface area contributed by atoms with E-state index in [0.717, 1.165) is 36.1 Å². The molecule has 3 rings (SSSR count). The van der Waals surface area contributed by atoms with Crippen molar-refractivity contribution in [3.05, 3.63) is 28.7 Å². The van der Waals surface area contributed by atoms with Crippen LogP contribution in [0.25, 0.3) is 0 Å². The molecule has 0 aliphatic carbocycles. The molecule has 0 saturated carbocycles. The second kappa shape index (κ2) is 6.18. The van der Waals surface area contributed by atoms with E-state index in [1.54, 1.807) is 4.90 Å². The Morgan fingerprint density at radius 2 is 1.76 bits per heavy atom. The van der Waals surface area contributed by atoms with Gasteiger partial charge in [-0.15, -0.1) is 0 Å². The van der Waals surface area contributed by atoms with E-state index in [2.05, 4.69) is 15.9 Å². The number of nitrogens with zero attached hydrogens (tertiary/aromatic N) is 2. The van der Waals surface area contributed by atoms with Crippen molar-refractivity contribution in [2.24, 2.45) is 5.92 Å². The Kier molecular flexibility index (Phi) is 4.29.